The molecule has 0 aromatic heterocycles. The number of carbonyl (C=O) groups is 2. The van der Waals surface area contributed by atoms with Gasteiger partial charge in [0, 0.05) is 24.9 Å². The van der Waals surface area contributed by atoms with Gasteiger partial charge in [0.05, 0.1) is 5.57 Å². The van der Waals surface area contributed by atoms with E-state index < -0.39 is 0 Å². The molecular weight excluding hydrogens is 280 g/mol. The average molecular weight is 306 g/mol. The van der Waals surface area contributed by atoms with Gasteiger partial charge in [-0.2, -0.15) is 0 Å². The highest BCUT2D eigenvalue weighted by Gasteiger charge is 2.20. The molecule has 1 aliphatic rings. The lowest BCUT2D eigenvalue weighted by Gasteiger charge is -2.31. The number of hydrogen-bond acceptors (Lipinski definition) is 4. The Bertz CT molecular complexity index is 481. The number of unbranched alkanes of at least 4 members (excludes halogenated alkanes) is 2. The third-order valence-electron chi connectivity index (χ3n) is 3.26. The molecule has 0 aromatic carbocycles. The standard InChI is InChI=1S/C16H26N4O2/c1-12(2)20-11-14(16(22)19-13(20)3)7-8-15(21)18-10-6-4-5-9-17/h7-8,11-12H,3-6,9-10,17H2,1-2H3,(H,18,21)(H,19,22)/b8-7+. The van der Waals surface area contributed by atoms with Gasteiger partial charge in [-0.15, -0.1) is 0 Å². The van der Waals surface area contributed by atoms with E-state index in [1.165, 1.54) is 12.2 Å². The Morgan fingerprint density at radius 2 is 2.18 bits per heavy atom. The van der Waals surface area contributed by atoms with Crippen LogP contribution in [0.4, 0.5) is 0 Å². The summed E-state index contributed by atoms with van der Waals surface area (Å²) < 4.78 is 0. The van der Waals surface area contributed by atoms with Gasteiger partial charge >= 0.3 is 0 Å². The molecule has 6 nitrogen and oxygen atoms in total. The third-order valence-corrected chi connectivity index (χ3v) is 3.26. The van der Waals surface area contributed by atoms with Crippen LogP contribution in [0.2, 0.25) is 0 Å². The number of nitrogens with zero attached hydrogens (tertiary/aromatic N) is 1. The van der Waals surface area contributed by atoms with Crippen molar-refractivity contribution in [3.63, 3.8) is 0 Å². The van der Waals surface area contributed by atoms with Crippen LogP contribution in [0.3, 0.4) is 0 Å². The van der Waals surface area contributed by atoms with E-state index in [0.29, 0.717) is 24.5 Å². The zero-order valence-electron chi connectivity index (χ0n) is 13.4. The fourth-order valence-electron chi connectivity index (χ4n) is 2.02. The first kappa shape index (κ1) is 18.0. The molecule has 0 saturated carbocycles. The van der Waals surface area contributed by atoms with E-state index in [1.54, 1.807) is 6.20 Å². The molecule has 0 saturated heterocycles. The predicted octanol–water partition coefficient (Wildman–Crippen LogP) is 0.983. The lowest BCUT2D eigenvalue weighted by molar-refractivity contribution is -0.117. The lowest BCUT2D eigenvalue weighted by Crippen LogP contribution is -2.40. The molecule has 0 fully saturated rings. The van der Waals surface area contributed by atoms with Crippen LogP contribution in [0.25, 0.3) is 0 Å². The Morgan fingerprint density at radius 3 is 2.82 bits per heavy atom. The van der Waals surface area contributed by atoms with Crippen LogP contribution in [0.5, 0.6) is 0 Å². The second kappa shape index (κ2) is 9.04. The van der Waals surface area contributed by atoms with Crippen LogP contribution in [-0.4, -0.2) is 35.8 Å². The Kier molecular flexibility index (Phi) is 7.39. The topological polar surface area (TPSA) is 87.5 Å². The fraction of sp³-hybridized carbons (Fsp3) is 0.500. The van der Waals surface area contributed by atoms with Gasteiger partial charge in [-0.25, -0.2) is 0 Å². The number of hydrogen-bond donors (Lipinski definition) is 3. The molecule has 1 rings (SSSR count). The van der Waals surface area contributed by atoms with Crippen molar-refractivity contribution in [2.75, 3.05) is 13.1 Å². The summed E-state index contributed by atoms with van der Waals surface area (Å²) in [7, 11) is 0. The van der Waals surface area contributed by atoms with Gasteiger partial charge in [0.15, 0.2) is 0 Å². The van der Waals surface area contributed by atoms with Gasteiger partial charge in [-0.3, -0.25) is 9.59 Å². The first-order valence-corrected chi connectivity index (χ1v) is 7.62. The van der Waals surface area contributed by atoms with E-state index in [1.807, 2.05) is 18.7 Å². The summed E-state index contributed by atoms with van der Waals surface area (Å²) >= 11 is 0. The molecule has 0 bridgehead atoms. The van der Waals surface area contributed by atoms with Crippen molar-refractivity contribution >= 4 is 11.8 Å². The van der Waals surface area contributed by atoms with Crippen LogP contribution in [0, 0.1) is 0 Å². The SMILES string of the molecule is C=C1NC(=O)C(/C=C/C(=O)NCCCCCN)=CN1C(C)C. The largest absolute Gasteiger partial charge is 0.353 e. The molecule has 122 valence electrons. The maximum Gasteiger partial charge on any atom is 0.258 e. The van der Waals surface area contributed by atoms with E-state index in [4.69, 9.17) is 5.73 Å². The highest BCUT2D eigenvalue weighted by molar-refractivity contribution is 6.00. The van der Waals surface area contributed by atoms with Crippen molar-refractivity contribution < 1.29 is 9.59 Å². The Morgan fingerprint density at radius 1 is 1.45 bits per heavy atom. The average Bonchev–Trinajstić information content (AvgIpc) is 2.45. The van der Waals surface area contributed by atoms with Gasteiger partial charge in [0.25, 0.3) is 5.91 Å². The van der Waals surface area contributed by atoms with E-state index in [0.717, 1.165) is 19.3 Å². The van der Waals surface area contributed by atoms with Crippen LogP contribution in [-0.2, 0) is 9.59 Å². The Balaban J connectivity index is 2.53. The zero-order chi connectivity index (χ0) is 16.5. The molecule has 22 heavy (non-hydrogen) atoms. The summed E-state index contributed by atoms with van der Waals surface area (Å²) in [6.07, 6.45) is 7.47. The number of carbonyl (C=O) groups excluding carboxylic acids is 2. The Hall–Kier alpha value is -2.08. The molecule has 0 atom stereocenters. The molecule has 4 N–H and O–H groups in total. The van der Waals surface area contributed by atoms with Crippen LogP contribution in [0.1, 0.15) is 33.1 Å². The van der Waals surface area contributed by atoms with Gasteiger partial charge < -0.3 is 21.3 Å². The molecular formula is C16H26N4O2. The summed E-state index contributed by atoms with van der Waals surface area (Å²) in [5, 5.41) is 5.46. The van der Waals surface area contributed by atoms with E-state index in [-0.39, 0.29) is 17.9 Å². The predicted molar refractivity (Wildman–Crippen MR) is 87.4 cm³/mol. The molecule has 1 heterocycles. The maximum atomic E-state index is 11.9. The number of nitrogens with one attached hydrogen (secondary N) is 2. The smallest absolute Gasteiger partial charge is 0.258 e. The highest BCUT2D eigenvalue weighted by atomic mass is 16.2. The van der Waals surface area contributed by atoms with Crippen LogP contribution >= 0.6 is 0 Å². The van der Waals surface area contributed by atoms with Crippen LogP contribution < -0.4 is 16.4 Å². The second-order valence-corrected chi connectivity index (χ2v) is 5.46. The van der Waals surface area contributed by atoms with Crippen molar-refractivity contribution in [1.82, 2.24) is 15.5 Å². The first-order chi connectivity index (χ1) is 10.5. The zero-order valence-corrected chi connectivity index (χ0v) is 13.4. The van der Waals surface area contributed by atoms with Crippen molar-refractivity contribution in [3.8, 4) is 0 Å². The van der Waals surface area contributed by atoms with Crippen LogP contribution in [0.15, 0.2) is 36.3 Å². The first-order valence-electron chi connectivity index (χ1n) is 7.62. The van der Waals surface area contributed by atoms with Gasteiger partial charge in [-0.1, -0.05) is 13.0 Å². The number of amides is 2. The molecule has 0 unspecified atom stereocenters. The molecule has 2 amide bonds. The lowest BCUT2D eigenvalue weighted by atomic mass is 10.2. The van der Waals surface area contributed by atoms with Gasteiger partial charge in [0.2, 0.25) is 5.91 Å². The van der Waals surface area contributed by atoms with Gasteiger partial charge in [-0.05, 0) is 39.3 Å². The normalized spacial score (nSPS) is 15.3. The minimum absolute atomic E-state index is 0.174. The van der Waals surface area contributed by atoms with E-state index in [9.17, 15) is 9.59 Å². The minimum Gasteiger partial charge on any atom is -0.353 e. The van der Waals surface area contributed by atoms with Crippen molar-refractivity contribution in [1.29, 1.82) is 0 Å². The quantitative estimate of drug-likeness (QED) is 0.461. The molecule has 0 radical (unpaired) electrons. The summed E-state index contributed by atoms with van der Waals surface area (Å²) in [5.41, 5.74) is 5.83. The summed E-state index contributed by atoms with van der Waals surface area (Å²) in [4.78, 5) is 25.4. The monoisotopic (exact) mass is 306 g/mol. The van der Waals surface area contributed by atoms with Crippen molar-refractivity contribution in [3.05, 3.63) is 36.3 Å². The van der Waals surface area contributed by atoms with Gasteiger partial charge in [0.1, 0.15) is 5.82 Å². The summed E-state index contributed by atoms with van der Waals surface area (Å²) in [6, 6.07) is 0.174. The number of rotatable bonds is 8. The van der Waals surface area contributed by atoms with Crippen molar-refractivity contribution in [2.45, 2.75) is 39.2 Å². The molecule has 0 spiro atoms. The summed E-state index contributed by atoms with van der Waals surface area (Å²) in [5.74, 6) is 0.0809. The highest BCUT2D eigenvalue weighted by Crippen LogP contribution is 2.15. The van der Waals surface area contributed by atoms with E-state index >= 15 is 0 Å². The van der Waals surface area contributed by atoms with Crippen molar-refractivity contribution in [2.24, 2.45) is 5.73 Å². The molecule has 6 heteroatoms. The molecule has 1 aliphatic heterocycles. The number of nitrogens with two attached hydrogens (primary N) is 1. The fourth-order valence-corrected chi connectivity index (χ4v) is 2.02. The van der Waals surface area contributed by atoms with E-state index in [2.05, 4.69) is 17.2 Å². The minimum atomic E-state index is -0.256. The second-order valence-electron chi connectivity index (χ2n) is 5.46. The maximum absolute atomic E-state index is 11.9. The molecule has 0 aliphatic carbocycles. The molecule has 0 aromatic rings. The summed E-state index contributed by atoms with van der Waals surface area (Å²) in [6.45, 7) is 9.08. The third kappa shape index (κ3) is 5.73. The Labute approximate surface area is 132 Å².